The number of nitrogens with zero attached hydrogens (tertiary/aromatic N) is 3. The van der Waals surface area contributed by atoms with E-state index in [1.54, 1.807) is 31.5 Å². The molecule has 0 bridgehead atoms. The summed E-state index contributed by atoms with van der Waals surface area (Å²) in [6.07, 6.45) is 4.28. The molecule has 0 aliphatic rings. The van der Waals surface area contributed by atoms with Crippen molar-refractivity contribution in [2.75, 3.05) is 14.2 Å². The Morgan fingerprint density at radius 3 is 2.47 bits per heavy atom. The molecule has 0 spiro atoms. The number of aryl methyl sites for hydroxylation is 1. The van der Waals surface area contributed by atoms with Crippen molar-refractivity contribution in [2.45, 2.75) is 29.7 Å². The Balaban J connectivity index is 1.83. The van der Waals surface area contributed by atoms with E-state index in [0.29, 0.717) is 33.8 Å². The summed E-state index contributed by atoms with van der Waals surface area (Å²) >= 11 is -1.90. The lowest BCUT2D eigenvalue weighted by atomic mass is 10.1. The average molecular weight is 555 g/mol. The molecule has 1 amide bonds. The third-order valence-corrected chi connectivity index (χ3v) is 8.92. The van der Waals surface area contributed by atoms with Crippen LogP contribution in [0.1, 0.15) is 22.4 Å². The number of benzene rings is 2. The molecule has 0 saturated carbocycles. The largest absolute Gasteiger partial charge is 0.609 e. The molecule has 0 fully saturated rings. The van der Waals surface area contributed by atoms with Crippen LogP contribution < -0.4 is 15.2 Å². The zero-order chi connectivity index (χ0) is 27.6. The van der Waals surface area contributed by atoms with Gasteiger partial charge in [0.2, 0.25) is 5.91 Å². The van der Waals surface area contributed by atoms with E-state index < -0.39 is 27.1 Å². The van der Waals surface area contributed by atoms with Crippen LogP contribution in [-0.2, 0) is 31.7 Å². The highest BCUT2D eigenvalue weighted by molar-refractivity contribution is 7.93. The molecule has 0 radical (unpaired) electrons. The second kappa shape index (κ2) is 10.9. The first-order chi connectivity index (χ1) is 18.1. The smallest absolute Gasteiger partial charge is 0.338 e. The lowest BCUT2D eigenvalue weighted by Crippen LogP contribution is -2.20. The zero-order valence-electron chi connectivity index (χ0n) is 21.2. The SMILES string of the molecule is COc1ccc2c(c1)nc([S+]([O-])Cc1ncc(C)c(OC)c1C)n2S(=O)(=O)c1ccc(C=CC(N)=O)cc1. The first-order valence-electron chi connectivity index (χ1n) is 11.3. The number of nitrogens with two attached hydrogens (primary N) is 1. The molecule has 1 atom stereocenters. The van der Waals surface area contributed by atoms with E-state index >= 15 is 0 Å². The topological polar surface area (TPSA) is 149 Å². The third-order valence-electron chi connectivity index (χ3n) is 5.87. The fraction of sp³-hybridized carbons (Fsp3) is 0.192. The van der Waals surface area contributed by atoms with E-state index in [2.05, 4.69) is 9.97 Å². The molecule has 2 aromatic carbocycles. The number of amides is 1. The summed E-state index contributed by atoms with van der Waals surface area (Å²) < 4.78 is 53.1. The maximum absolute atomic E-state index is 13.9. The maximum Gasteiger partial charge on any atom is 0.338 e. The van der Waals surface area contributed by atoms with Crippen LogP contribution in [0.25, 0.3) is 17.1 Å². The summed E-state index contributed by atoms with van der Waals surface area (Å²) in [6.45, 7) is 3.66. The van der Waals surface area contributed by atoms with Gasteiger partial charge in [0, 0.05) is 40.6 Å². The summed E-state index contributed by atoms with van der Waals surface area (Å²) in [5, 5.41) is -0.147. The molecule has 2 aromatic heterocycles. The first-order valence-corrected chi connectivity index (χ1v) is 14.1. The van der Waals surface area contributed by atoms with Crippen LogP contribution >= 0.6 is 0 Å². The minimum absolute atomic E-state index is 0.0478. The Morgan fingerprint density at radius 1 is 1.13 bits per heavy atom. The molecule has 0 aliphatic carbocycles. The molecule has 0 aliphatic heterocycles. The molecule has 1 unspecified atom stereocenters. The maximum atomic E-state index is 13.9. The first kappa shape index (κ1) is 27.2. The molecule has 2 N–H and O–H groups in total. The molecule has 2 heterocycles. The van der Waals surface area contributed by atoms with Gasteiger partial charge in [-0.3, -0.25) is 9.78 Å². The fourth-order valence-electron chi connectivity index (χ4n) is 3.96. The summed E-state index contributed by atoms with van der Waals surface area (Å²) in [7, 11) is -1.19. The lowest BCUT2D eigenvalue weighted by molar-refractivity contribution is -0.113. The minimum Gasteiger partial charge on any atom is -0.609 e. The Hall–Kier alpha value is -3.87. The van der Waals surface area contributed by atoms with Gasteiger partial charge in [-0.15, -0.1) is 0 Å². The Labute approximate surface area is 223 Å². The highest BCUT2D eigenvalue weighted by atomic mass is 32.2. The van der Waals surface area contributed by atoms with Gasteiger partial charge in [-0.1, -0.05) is 12.1 Å². The third kappa shape index (κ3) is 5.23. The molecular formula is C26H26N4O6S2. The highest BCUT2D eigenvalue weighted by Gasteiger charge is 2.32. The van der Waals surface area contributed by atoms with Gasteiger partial charge in [0.1, 0.15) is 11.5 Å². The van der Waals surface area contributed by atoms with Crippen molar-refractivity contribution in [3.8, 4) is 11.5 Å². The van der Waals surface area contributed by atoms with E-state index in [9.17, 15) is 17.8 Å². The van der Waals surface area contributed by atoms with Gasteiger partial charge in [0.25, 0.3) is 10.0 Å². The van der Waals surface area contributed by atoms with Crippen LogP contribution in [0.2, 0.25) is 0 Å². The molecule has 198 valence electrons. The van der Waals surface area contributed by atoms with E-state index in [1.165, 1.54) is 43.5 Å². The standard InChI is InChI=1S/C26H26N4O6S2/c1-16-14-28-22(17(2)25(16)36-4)15-37(32)26-29-21-13-19(35-3)8-11-23(21)30(26)38(33,34)20-9-5-18(6-10-20)7-12-24(27)31/h5-14H,15H2,1-4H3,(H2,27,31). The zero-order valence-corrected chi connectivity index (χ0v) is 22.8. The normalized spacial score (nSPS) is 12.7. The van der Waals surface area contributed by atoms with Gasteiger partial charge in [-0.25, -0.2) is 8.42 Å². The van der Waals surface area contributed by atoms with E-state index in [1.807, 2.05) is 13.8 Å². The molecule has 10 nitrogen and oxygen atoms in total. The number of carbonyl (C=O) groups excluding carboxylic acids is 1. The number of pyridine rings is 1. The van der Waals surface area contributed by atoms with Gasteiger partial charge in [-0.05, 0) is 49.8 Å². The Bertz CT molecular complexity index is 1650. The second-order valence-corrected chi connectivity index (χ2v) is 11.5. The Morgan fingerprint density at radius 2 is 1.84 bits per heavy atom. The summed E-state index contributed by atoms with van der Waals surface area (Å²) in [4.78, 5) is 19.8. The molecule has 12 heteroatoms. The molecule has 0 saturated heterocycles. The van der Waals surface area contributed by atoms with Crippen molar-refractivity contribution >= 4 is 44.2 Å². The van der Waals surface area contributed by atoms with Gasteiger partial charge in [-0.2, -0.15) is 8.96 Å². The number of hydrogen-bond donors (Lipinski definition) is 1. The summed E-state index contributed by atoms with van der Waals surface area (Å²) in [5.74, 6) is 0.409. The van der Waals surface area contributed by atoms with Crippen molar-refractivity contribution in [3.05, 3.63) is 77.1 Å². The van der Waals surface area contributed by atoms with Crippen molar-refractivity contribution in [1.29, 1.82) is 0 Å². The number of carbonyl (C=O) groups is 1. The van der Waals surface area contributed by atoms with Crippen molar-refractivity contribution in [3.63, 3.8) is 0 Å². The van der Waals surface area contributed by atoms with Crippen LogP contribution in [-0.4, -0.2) is 47.0 Å². The average Bonchev–Trinajstić information content (AvgIpc) is 3.29. The van der Waals surface area contributed by atoms with Crippen LogP contribution in [0.5, 0.6) is 11.5 Å². The number of fused-ring (bicyclic) bond motifs is 1. The minimum atomic E-state index is -4.23. The number of aromatic nitrogens is 3. The molecule has 4 aromatic rings. The van der Waals surface area contributed by atoms with Gasteiger partial charge in [0.15, 0.2) is 5.75 Å². The van der Waals surface area contributed by atoms with Gasteiger partial charge in [0.05, 0.1) is 35.8 Å². The van der Waals surface area contributed by atoms with Crippen LogP contribution in [0.4, 0.5) is 0 Å². The van der Waals surface area contributed by atoms with Gasteiger partial charge >= 0.3 is 5.16 Å². The molecular weight excluding hydrogens is 528 g/mol. The van der Waals surface area contributed by atoms with Crippen molar-refractivity contribution in [1.82, 2.24) is 13.9 Å². The fourth-order valence-corrected chi connectivity index (χ4v) is 7.01. The van der Waals surface area contributed by atoms with E-state index in [-0.39, 0.29) is 21.3 Å². The van der Waals surface area contributed by atoms with Crippen LogP contribution in [0.3, 0.4) is 0 Å². The molecule has 4 rings (SSSR count). The highest BCUT2D eigenvalue weighted by Crippen LogP contribution is 2.31. The molecule has 38 heavy (non-hydrogen) atoms. The summed E-state index contributed by atoms with van der Waals surface area (Å²) in [5.41, 5.74) is 8.32. The van der Waals surface area contributed by atoms with Gasteiger partial charge < -0.3 is 19.8 Å². The lowest BCUT2D eigenvalue weighted by Gasteiger charge is -2.15. The van der Waals surface area contributed by atoms with Crippen LogP contribution in [0, 0.1) is 13.8 Å². The second-order valence-electron chi connectivity index (χ2n) is 8.36. The number of methoxy groups -OCH3 is 2. The number of primary amides is 1. The number of imidazole rings is 1. The number of ether oxygens (including phenoxy) is 2. The predicted octanol–water partition coefficient (Wildman–Crippen LogP) is 3.11. The van der Waals surface area contributed by atoms with Crippen LogP contribution in [0.15, 0.2) is 64.8 Å². The quantitative estimate of drug-likeness (QED) is 0.245. The predicted molar refractivity (Wildman–Crippen MR) is 144 cm³/mol. The van der Waals surface area contributed by atoms with Crippen molar-refractivity contribution < 1.29 is 27.2 Å². The number of hydrogen-bond acceptors (Lipinski definition) is 8. The Kier molecular flexibility index (Phi) is 7.76. The monoisotopic (exact) mass is 554 g/mol. The van der Waals surface area contributed by atoms with E-state index in [0.717, 1.165) is 9.54 Å². The number of rotatable bonds is 9. The van der Waals surface area contributed by atoms with Crippen molar-refractivity contribution in [2.24, 2.45) is 5.73 Å². The summed E-state index contributed by atoms with van der Waals surface area (Å²) in [6, 6.07) is 10.6. The van der Waals surface area contributed by atoms with E-state index in [4.69, 9.17) is 15.2 Å².